The van der Waals surface area contributed by atoms with Crippen molar-refractivity contribution in [3.8, 4) is 0 Å². The zero-order valence-electron chi connectivity index (χ0n) is 16.2. The standard InChI is InChI=1S/C20H26Cl2N4O3/c21-14-6-5-13(16(22)12-14)11-17(27)26(15-3-1-2-4-15)10-9-24-18(28)20(7-8-20)25-19(23)29/h5-6,12,15H,1-4,7-11H2,(H,24,28)(H3,23,25,29). The van der Waals surface area contributed by atoms with Crippen molar-refractivity contribution in [1.29, 1.82) is 0 Å². The van der Waals surface area contributed by atoms with E-state index in [0.717, 1.165) is 31.2 Å². The number of hydrogen-bond acceptors (Lipinski definition) is 3. The van der Waals surface area contributed by atoms with Gasteiger partial charge in [0.25, 0.3) is 0 Å². The summed E-state index contributed by atoms with van der Waals surface area (Å²) in [6.07, 6.45) is 5.43. The molecule has 1 aromatic carbocycles. The van der Waals surface area contributed by atoms with Crippen LogP contribution >= 0.6 is 23.2 Å². The number of nitrogens with two attached hydrogens (primary N) is 1. The van der Waals surface area contributed by atoms with Gasteiger partial charge in [-0.15, -0.1) is 0 Å². The molecular weight excluding hydrogens is 415 g/mol. The van der Waals surface area contributed by atoms with Crippen LogP contribution < -0.4 is 16.4 Å². The Kier molecular flexibility index (Phi) is 6.90. The molecule has 29 heavy (non-hydrogen) atoms. The van der Waals surface area contributed by atoms with Gasteiger partial charge < -0.3 is 21.3 Å². The van der Waals surface area contributed by atoms with Crippen molar-refractivity contribution < 1.29 is 14.4 Å². The number of nitrogens with one attached hydrogen (secondary N) is 2. The Morgan fingerprint density at radius 3 is 2.45 bits per heavy atom. The summed E-state index contributed by atoms with van der Waals surface area (Å²) in [6, 6.07) is 4.58. The van der Waals surface area contributed by atoms with E-state index in [-0.39, 0.29) is 24.3 Å². The summed E-state index contributed by atoms with van der Waals surface area (Å²) in [6.45, 7) is 0.727. The number of carbonyl (C=O) groups excluding carboxylic acids is 3. The van der Waals surface area contributed by atoms with Crippen molar-refractivity contribution >= 4 is 41.0 Å². The second kappa shape index (κ2) is 9.22. The molecule has 4 amide bonds. The molecule has 0 unspecified atom stereocenters. The van der Waals surface area contributed by atoms with Crippen LogP contribution in [0.1, 0.15) is 44.1 Å². The van der Waals surface area contributed by atoms with E-state index in [1.54, 1.807) is 18.2 Å². The van der Waals surface area contributed by atoms with Gasteiger partial charge in [-0.2, -0.15) is 0 Å². The van der Waals surface area contributed by atoms with Gasteiger partial charge in [0.2, 0.25) is 11.8 Å². The van der Waals surface area contributed by atoms with E-state index in [9.17, 15) is 14.4 Å². The molecule has 2 aliphatic rings. The topological polar surface area (TPSA) is 105 Å². The lowest BCUT2D eigenvalue weighted by Gasteiger charge is -2.30. The highest BCUT2D eigenvalue weighted by atomic mass is 35.5. The summed E-state index contributed by atoms with van der Waals surface area (Å²) < 4.78 is 0. The molecule has 4 N–H and O–H groups in total. The first-order valence-corrected chi connectivity index (χ1v) is 10.7. The van der Waals surface area contributed by atoms with E-state index in [1.165, 1.54) is 0 Å². The molecule has 2 aliphatic carbocycles. The van der Waals surface area contributed by atoms with E-state index in [1.807, 2.05) is 4.90 Å². The van der Waals surface area contributed by atoms with Gasteiger partial charge in [-0.1, -0.05) is 42.1 Å². The van der Waals surface area contributed by atoms with Gasteiger partial charge >= 0.3 is 6.03 Å². The van der Waals surface area contributed by atoms with Gasteiger partial charge in [-0.3, -0.25) is 9.59 Å². The monoisotopic (exact) mass is 440 g/mol. The third kappa shape index (κ3) is 5.54. The first kappa shape index (κ1) is 21.7. The number of primary amides is 1. The third-order valence-electron chi connectivity index (χ3n) is 5.63. The fourth-order valence-electron chi connectivity index (χ4n) is 3.89. The third-order valence-corrected chi connectivity index (χ3v) is 6.21. The largest absolute Gasteiger partial charge is 0.352 e. The SMILES string of the molecule is NC(=O)NC1(C(=O)NCCN(C(=O)Cc2ccc(Cl)cc2Cl)C2CCCC2)CC1. The van der Waals surface area contributed by atoms with Crippen LogP contribution in [-0.4, -0.2) is 47.4 Å². The van der Waals surface area contributed by atoms with Gasteiger partial charge in [-0.05, 0) is 43.4 Å². The molecule has 0 spiro atoms. The molecular formula is C20H26Cl2N4O3. The predicted octanol–water partition coefficient (Wildman–Crippen LogP) is 2.62. The van der Waals surface area contributed by atoms with Crippen LogP contribution in [0.4, 0.5) is 4.79 Å². The number of carbonyl (C=O) groups is 3. The molecule has 0 radical (unpaired) electrons. The number of hydrogen-bond donors (Lipinski definition) is 3. The maximum atomic E-state index is 13.0. The maximum absolute atomic E-state index is 13.0. The fourth-order valence-corrected chi connectivity index (χ4v) is 4.36. The van der Waals surface area contributed by atoms with Crippen molar-refractivity contribution in [3.05, 3.63) is 33.8 Å². The minimum Gasteiger partial charge on any atom is -0.352 e. The Balaban J connectivity index is 1.59. The van der Waals surface area contributed by atoms with E-state index >= 15 is 0 Å². The molecule has 2 fully saturated rings. The molecule has 158 valence electrons. The average Bonchev–Trinajstić information content (AvgIpc) is 3.23. The minimum absolute atomic E-state index is 0.0215. The lowest BCUT2D eigenvalue weighted by atomic mass is 10.1. The number of rotatable bonds is 8. The molecule has 0 saturated heterocycles. The fraction of sp³-hybridized carbons (Fsp3) is 0.550. The Bertz CT molecular complexity index is 792. The molecule has 1 aromatic rings. The highest BCUT2D eigenvalue weighted by Crippen LogP contribution is 2.35. The van der Waals surface area contributed by atoms with Crippen LogP contribution in [0, 0.1) is 0 Å². The number of nitrogens with zero attached hydrogens (tertiary/aromatic N) is 1. The minimum atomic E-state index is -0.884. The molecule has 9 heteroatoms. The highest BCUT2D eigenvalue weighted by Gasteiger charge is 2.50. The van der Waals surface area contributed by atoms with Crippen molar-refractivity contribution in [2.45, 2.75) is 56.5 Å². The molecule has 0 aromatic heterocycles. The lowest BCUT2D eigenvalue weighted by molar-refractivity contribution is -0.133. The van der Waals surface area contributed by atoms with E-state index in [4.69, 9.17) is 28.9 Å². The molecule has 0 bridgehead atoms. The van der Waals surface area contributed by atoms with E-state index in [2.05, 4.69) is 10.6 Å². The van der Waals surface area contributed by atoms with Crippen LogP contribution in [0.2, 0.25) is 10.0 Å². The van der Waals surface area contributed by atoms with Crippen LogP contribution in [0.3, 0.4) is 0 Å². The molecule has 0 atom stereocenters. The number of amides is 4. The first-order valence-electron chi connectivity index (χ1n) is 9.90. The van der Waals surface area contributed by atoms with Gasteiger partial charge in [-0.25, -0.2) is 4.79 Å². The quantitative estimate of drug-likeness (QED) is 0.578. The summed E-state index contributed by atoms with van der Waals surface area (Å²) in [7, 11) is 0. The zero-order chi connectivity index (χ0) is 21.0. The molecule has 3 rings (SSSR count). The van der Waals surface area contributed by atoms with Crippen molar-refractivity contribution in [2.24, 2.45) is 5.73 Å². The van der Waals surface area contributed by atoms with Crippen molar-refractivity contribution in [1.82, 2.24) is 15.5 Å². The summed E-state index contributed by atoms with van der Waals surface area (Å²) in [5, 5.41) is 6.34. The van der Waals surface area contributed by atoms with Gasteiger partial charge in [0.05, 0.1) is 6.42 Å². The van der Waals surface area contributed by atoms with Crippen LogP contribution in [0.15, 0.2) is 18.2 Å². The molecule has 7 nitrogen and oxygen atoms in total. The van der Waals surface area contributed by atoms with Crippen LogP contribution in [0.25, 0.3) is 0 Å². The summed E-state index contributed by atoms with van der Waals surface area (Å²) in [5.74, 6) is -0.275. The number of halogens is 2. The predicted molar refractivity (Wildman–Crippen MR) is 112 cm³/mol. The Morgan fingerprint density at radius 1 is 1.17 bits per heavy atom. The summed E-state index contributed by atoms with van der Waals surface area (Å²) >= 11 is 12.2. The Morgan fingerprint density at radius 2 is 1.86 bits per heavy atom. The van der Waals surface area contributed by atoms with Crippen LogP contribution in [0.5, 0.6) is 0 Å². The zero-order valence-corrected chi connectivity index (χ0v) is 17.7. The molecule has 0 aliphatic heterocycles. The summed E-state index contributed by atoms with van der Waals surface area (Å²) in [4.78, 5) is 38.3. The smallest absolute Gasteiger partial charge is 0.313 e. The normalized spacial score (nSPS) is 17.6. The van der Waals surface area contributed by atoms with Crippen LogP contribution in [-0.2, 0) is 16.0 Å². The second-order valence-corrected chi connectivity index (χ2v) is 8.61. The van der Waals surface area contributed by atoms with E-state index in [0.29, 0.717) is 36.0 Å². The lowest BCUT2D eigenvalue weighted by Crippen LogP contribution is -2.52. The number of urea groups is 1. The Labute approximate surface area is 180 Å². The molecule has 0 heterocycles. The first-order chi connectivity index (χ1) is 13.8. The van der Waals surface area contributed by atoms with Gasteiger partial charge in [0, 0.05) is 29.2 Å². The average molecular weight is 441 g/mol. The van der Waals surface area contributed by atoms with Gasteiger partial charge in [0.15, 0.2) is 0 Å². The Hall–Kier alpha value is -1.99. The number of benzene rings is 1. The van der Waals surface area contributed by atoms with Crippen molar-refractivity contribution in [3.63, 3.8) is 0 Å². The van der Waals surface area contributed by atoms with Crippen molar-refractivity contribution in [2.75, 3.05) is 13.1 Å². The molecule has 2 saturated carbocycles. The van der Waals surface area contributed by atoms with Gasteiger partial charge in [0.1, 0.15) is 5.54 Å². The summed E-state index contributed by atoms with van der Waals surface area (Å²) in [5.41, 5.74) is 5.00. The maximum Gasteiger partial charge on any atom is 0.313 e. The van der Waals surface area contributed by atoms with E-state index < -0.39 is 11.6 Å². The second-order valence-electron chi connectivity index (χ2n) is 7.77. The highest BCUT2D eigenvalue weighted by molar-refractivity contribution is 6.35.